The van der Waals surface area contributed by atoms with Gasteiger partial charge in [-0.15, -0.1) is 0 Å². The Hall–Kier alpha value is -10.1. The molecule has 0 aliphatic carbocycles. The number of nitrogens with one attached hydrogen (secondary N) is 6. The monoisotopic (exact) mass is 987 g/mol. The van der Waals surface area contributed by atoms with Gasteiger partial charge in [-0.25, -0.2) is 23.4 Å². The number of aromatic nitrogens is 6. The number of anilines is 2. The van der Waals surface area contributed by atoms with Gasteiger partial charge in [-0.05, 0) is 71.1 Å². The second kappa shape index (κ2) is 20.9. The van der Waals surface area contributed by atoms with E-state index in [9.17, 15) is 38.0 Å². The third kappa shape index (κ3) is 11.0. The number of hydrogen-bond acceptors (Lipinski definition) is 13. The van der Waals surface area contributed by atoms with Crippen LogP contribution in [-0.4, -0.2) is 83.8 Å². The molecule has 4 aromatic heterocycles. The fourth-order valence-corrected chi connectivity index (χ4v) is 7.68. The van der Waals surface area contributed by atoms with Crippen LogP contribution in [0.1, 0.15) is 80.1 Å². The van der Waals surface area contributed by atoms with Gasteiger partial charge in [0.15, 0.2) is 24.5 Å². The number of ether oxygens (including phenoxy) is 2. The van der Waals surface area contributed by atoms with Gasteiger partial charge in [-0.3, -0.25) is 33.6 Å². The van der Waals surface area contributed by atoms with Crippen molar-refractivity contribution in [1.29, 1.82) is 0 Å². The molecule has 0 fully saturated rings. The Kier molecular flexibility index (Phi) is 13.7. The van der Waals surface area contributed by atoms with Crippen LogP contribution in [0.5, 0.6) is 11.5 Å². The average molecular weight is 988 g/mol. The van der Waals surface area contributed by atoms with Crippen LogP contribution in [0.3, 0.4) is 0 Å². The van der Waals surface area contributed by atoms with E-state index in [1.54, 1.807) is 91.9 Å². The van der Waals surface area contributed by atoms with Gasteiger partial charge >= 0.3 is 0 Å². The van der Waals surface area contributed by atoms with E-state index < -0.39 is 29.5 Å². The summed E-state index contributed by atoms with van der Waals surface area (Å²) >= 11 is 0. The highest BCUT2D eigenvalue weighted by atomic mass is 19.1. The number of amides is 7. The Morgan fingerprint density at radius 1 is 0.603 bits per heavy atom. The molecule has 6 heterocycles. The zero-order valence-electron chi connectivity index (χ0n) is 38.5. The highest BCUT2D eigenvalue weighted by molar-refractivity contribution is 6.00. The van der Waals surface area contributed by atoms with Gasteiger partial charge in [0.25, 0.3) is 35.4 Å². The predicted octanol–water partition coefficient (Wildman–Crippen LogP) is 3.39. The van der Waals surface area contributed by atoms with Crippen molar-refractivity contribution in [3.8, 4) is 11.5 Å². The molecule has 0 radical (unpaired) electrons. The molecule has 73 heavy (non-hydrogen) atoms. The summed E-state index contributed by atoms with van der Waals surface area (Å²) < 4.78 is 26.9. The number of halogens is 1. The van der Waals surface area contributed by atoms with Crippen LogP contribution in [0.4, 0.5) is 15.8 Å². The zero-order chi connectivity index (χ0) is 51.2. The third-order valence-electron chi connectivity index (χ3n) is 11.3. The first kappa shape index (κ1) is 48.0. The first-order chi connectivity index (χ1) is 35.3. The van der Waals surface area contributed by atoms with Crippen molar-refractivity contribution in [3.05, 3.63) is 177 Å². The fraction of sp³-hybridized carbons (Fsp3) is 0.140. The molecule has 2 aliphatic rings. The number of benzene rings is 4. The maximum absolute atomic E-state index is 13.5. The minimum absolute atomic E-state index is 0.0188. The van der Waals surface area contributed by atoms with E-state index in [0.717, 1.165) is 16.7 Å². The van der Waals surface area contributed by atoms with Crippen LogP contribution in [0.2, 0.25) is 0 Å². The first-order valence-electron chi connectivity index (χ1n) is 22.3. The Morgan fingerprint density at radius 3 is 1.58 bits per heavy atom. The van der Waals surface area contributed by atoms with Crippen molar-refractivity contribution in [2.45, 2.75) is 33.1 Å². The summed E-state index contributed by atoms with van der Waals surface area (Å²) in [6.07, 6.45) is 2.94. The Balaban J connectivity index is 0.000000180. The molecule has 0 saturated heterocycles. The summed E-state index contributed by atoms with van der Waals surface area (Å²) in [5.74, 6) is -2.28. The normalized spacial score (nSPS) is 12.4. The van der Waals surface area contributed by atoms with Gasteiger partial charge in [0.05, 0.1) is 23.8 Å². The molecule has 4 aromatic carbocycles. The molecule has 0 unspecified atom stereocenters. The summed E-state index contributed by atoms with van der Waals surface area (Å²) in [6, 6.07) is 27.5. The second-order valence-electron chi connectivity index (χ2n) is 16.4. The number of primary amides is 1. The molecular formula is C50H42FN13O9. The van der Waals surface area contributed by atoms with Crippen molar-refractivity contribution >= 4 is 64.0 Å². The van der Waals surface area contributed by atoms with E-state index >= 15 is 0 Å². The zero-order valence-corrected chi connectivity index (χ0v) is 38.5. The largest absolute Gasteiger partial charge is 0.482 e. The topological polar surface area (TPSA) is 297 Å². The van der Waals surface area contributed by atoms with Crippen LogP contribution >= 0.6 is 0 Å². The van der Waals surface area contributed by atoms with Gasteiger partial charge in [0.2, 0.25) is 5.91 Å². The van der Waals surface area contributed by atoms with Gasteiger partial charge in [-0.2, -0.15) is 10.2 Å². The lowest BCUT2D eigenvalue weighted by molar-refractivity contribution is -0.119. The molecule has 0 spiro atoms. The first-order valence-corrected chi connectivity index (χ1v) is 22.3. The quantitative estimate of drug-likeness (QED) is 0.0873. The summed E-state index contributed by atoms with van der Waals surface area (Å²) in [4.78, 5) is 95.1. The minimum atomic E-state index is -0.601. The van der Waals surface area contributed by atoms with Crippen LogP contribution in [0.15, 0.2) is 116 Å². The molecule has 8 aromatic rings. The van der Waals surface area contributed by atoms with Crippen LogP contribution in [0.25, 0.3) is 11.3 Å². The molecular weight excluding hydrogens is 946 g/mol. The van der Waals surface area contributed by atoms with E-state index in [0.29, 0.717) is 50.9 Å². The van der Waals surface area contributed by atoms with Crippen LogP contribution in [-0.2, 0) is 35.8 Å². The van der Waals surface area contributed by atoms with E-state index in [-0.39, 0.29) is 79.8 Å². The molecule has 0 atom stereocenters. The van der Waals surface area contributed by atoms with Crippen LogP contribution < -0.4 is 47.1 Å². The summed E-state index contributed by atoms with van der Waals surface area (Å²) in [5.41, 5.74) is 10.9. The van der Waals surface area contributed by atoms with Crippen molar-refractivity contribution < 1.29 is 47.4 Å². The molecule has 2 aliphatic heterocycles. The molecule has 23 heteroatoms. The summed E-state index contributed by atoms with van der Waals surface area (Å²) in [5, 5.41) is 24.7. The molecule has 0 bridgehead atoms. The number of nitrogens with two attached hydrogens (primary N) is 1. The summed E-state index contributed by atoms with van der Waals surface area (Å²) in [7, 11) is 0. The molecule has 22 nitrogen and oxygen atoms in total. The van der Waals surface area contributed by atoms with Crippen molar-refractivity contribution in [2.24, 2.45) is 5.73 Å². The van der Waals surface area contributed by atoms with Crippen molar-refractivity contribution in [1.82, 2.24) is 50.5 Å². The molecule has 0 saturated carbocycles. The highest BCUT2D eigenvalue weighted by Crippen LogP contribution is 2.29. The van der Waals surface area contributed by atoms with Gasteiger partial charge in [-0.1, -0.05) is 42.5 Å². The number of fused-ring (bicyclic) bond motifs is 4. The van der Waals surface area contributed by atoms with Crippen molar-refractivity contribution in [3.63, 3.8) is 0 Å². The number of hydrogen-bond donors (Lipinski definition) is 7. The third-order valence-corrected chi connectivity index (χ3v) is 11.3. The number of nitrogens with zero attached hydrogens (tertiary/aromatic N) is 6. The molecule has 8 N–H and O–H groups in total. The van der Waals surface area contributed by atoms with E-state index in [1.165, 1.54) is 39.6 Å². The number of carbonyl (C=O) groups is 7. The lowest BCUT2D eigenvalue weighted by Crippen LogP contribution is -2.29. The maximum atomic E-state index is 13.5. The summed E-state index contributed by atoms with van der Waals surface area (Å²) in [6.45, 7) is 2.10. The van der Waals surface area contributed by atoms with E-state index in [4.69, 9.17) is 15.2 Å². The number of rotatable bonds is 13. The Bertz CT molecular complexity index is 3540. The predicted molar refractivity (Wildman–Crippen MR) is 258 cm³/mol. The fourth-order valence-electron chi connectivity index (χ4n) is 7.68. The van der Waals surface area contributed by atoms with Gasteiger partial charge < -0.3 is 47.1 Å². The molecule has 10 rings (SSSR count). The lowest BCUT2D eigenvalue weighted by Gasteiger charge is -2.18. The number of carbonyl (C=O) groups excluding carboxylic acids is 7. The van der Waals surface area contributed by atoms with E-state index in [1.807, 2.05) is 0 Å². The number of aryl methyl sites for hydroxylation is 1. The average Bonchev–Trinajstić information content (AvgIpc) is 4.09. The van der Waals surface area contributed by atoms with Crippen LogP contribution in [0, 0.1) is 12.7 Å². The minimum Gasteiger partial charge on any atom is -0.482 e. The smallest absolute Gasteiger partial charge is 0.270 e. The van der Waals surface area contributed by atoms with Gasteiger partial charge in [0.1, 0.15) is 40.1 Å². The lowest BCUT2D eigenvalue weighted by atomic mass is 10.1. The maximum Gasteiger partial charge on any atom is 0.270 e. The second-order valence-corrected chi connectivity index (χ2v) is 16.4. The Morgan fingerprint density at radius 2 is 1.07 bits per heavy atom. The molecule has 7 amide bonds. The standard InChI is InChI=1S/C25H21FN6O4.C25H21N7O5/c1-14-8-15(2-4-17(14)26)11-28-25(35)20-10-19(30-22-6-7-29-32(20)22)24(34)27-12-16-3-5-21-18(9-16)31-23(33)13-36-21;26-23(34)16-4-2-1-3-15(16)12-28-25(36)19-10-18(30-21-7-8-29-32(19)21)24(35)27-11-14-5-6-20-17(9-14)31-22(33)13-37-20/h2-10H,11-13H2,1H3,(H,27,34)(H,28,35)(H,31,33);1-10H,11-13H2,(H2,26,34)(H,27,35)(H,28,36)(H,31,33). The van der Waals surface area contributed by atoms with Gasteiger partial charge in [0, 0.05) is 56.0 Å². The Labute approximate surface area is 412 Å². The molecule has 368 valence electrons. The highest BCUT2D eigenvalue weighted by Gasteiger charge is 2.22. The SMILES string of the molecule is Cc1cc(CNC(=O)c2cc(C(=O)NCc3ccc4c(c3)NC(=O)CO4)nc3ccnn23)ccc1F.NC(=O)c1ccccc1CNC(=O)c1cc(C(=O)NCc2ccc3c(c2)NC(=O)CO3)nc2ccnn12. The van der Waals surface area contributed by atoms with E-state index in [2.05, 4.69) is 52.1 Å². The van der Waals surface area contributed by atoms with Crippen molar-refractivity contribution in [2.75, 3.05) is 23.8 Å².